The van der Waals surface area contributed by atoms with Crippen LogP contribution in [0.3, 0.4) is 0 Å². The van der Waals surface area contributed by atoms with Crippen LogP contribution >= 0.6 is 11.9 Å². The van der Waals surface area contributed by atoms with Gasteiger partial charge < -0.3 is 16.3 Å². The molecule has 0 aliphatic heterocycles. The molecule has 4 nitrogen and oxygen atoms in total. The SMILES string of the molecule is CNSC1CC2(CC(NC)C2)C1.O.O.[HH].[HH]. The van der Waals surface area contributed by atoms with Crippen LogP contribution in [0.4, 0.5) is 0 Å². The Morgan fingerprint density at radius 3 is 2.14 bits per heavy atom. The van der Waals surface area contributed by atoms with Crippen molar-refractivity contribution in [2.24, 2.45) is 5.41 Å². The molecule has 2 fully saturated rings. The molecule has 14 heavy (non-hydrogen) atoms. The van der Waals surface area contributed by atoms with Crippen LogP contribution in [0.2, 0.25) is 0 Å². The van der Waals surface area contributed by atoms with Crippen molar-refractivity contribution in [1.29, 1.82) is 0 Å². The van der Waals surface area contributed by atoms with E-state index in [0.29, 0.717) is 0 Å². The van der Waals surface area contributed by atoms with Gasteiger partial charge in [0.1, 0.15) is 0 Å². The summed E-state index contributed by atoms with van der Waals surface area (Å²) in [5.74, 6) is 0. The Balaban J connectivity index is -0.000000422. The Morgan fingerprint density at radius 2 is 1.71 bits per heavy atom. The van der Waals surface area contributed by atoms with Crippen LogP contribution in [0.15, 0.2) is 0 Å². The average molecular weight is 226 g/mol. The molecule has 0 atom stereocenters. The molecule has 0 aromatic rings. The van der Waals surface area contributed by atoms with Crippen molar-refractivity contribution in [3.8, 4) is 0 Å². The maximum absolute atomic E-state index is 3.35. The molecular formula is C9H26N2O2S. The normalized spacial score (nSPS) is 39.0. The fourth-order valence-electron chi connectivity index (χ4n) is 2.68. The van der Waals surface area contributed by atoms with E-state index >= 15 is 0 Å². The van der Waals surface area contributed by atoms with Crippen molar-refractivity contribution in [3.05, 3.63) is 0 Å². The largest absolute Gasteiger partial charge is 0.412 e. The zero-order valence-electron chi connectivity index (χ0n) is 8.89. The summed E-state index contributed by atoms with van der Waals surface area (Å²) in [6, 6.07) is 0.825. The summed E-state index contributed by atoms with van der Waals surface area (Å²) < 4.78 is 3.18. The summed E-state index contributed by atoms with van der Waals surface area (Å²) in [6.07, 6.45) is 5.72. The van der Waals surface area contributed by atoms with E-state index in [1.165, 1.54) is 25.7 Å². The van der Waals surface area contributed by atoms with E-state index in [1.807, 2.05) is 19.0 Å². The van der Waals surface area contributed by atoms with E-state index in [-0.39, 0.29) is 13.8 Å². The zero-order valence-corrected chi connectivity index (χ0v) is 9.71. The van der Waals surface area contributed by atoms with Gasteiger partial charge in [-0.25, -0.2) is 0 Å². The molecule has 0 radical (unpaired) electrons. The third-order valence-electron chi connectivity index (χ3n) is 3.37. The first-order valence-corrected chi connectivity index (χ1v) is 5.66. The lowest BCUT2D eigenvalue weighted by Gasteiger charge is -2.57. The van der Waals surface area contributed by atoms with Crippen LogP contribution in [0.25, 0.3) is 0 Å². The second-order valence-electron chi connectivity index (χ2n) is 4.25. The highest BCUT2D eigenvalue weighted by Gasteiger charge is 2.52. The summed E-state index contributed by atoms with van der Waals surface area (Å²) >= 11 is 1.91. The van der Waals surface area contributed by atoms with Gasteiger partial charge in [-0.15, -0.1) is 0 Å². The molecule has 0 aromatic carbocycles. The van der Waals surface area contributed by atoms with Gasteiger partial charge in [-0.2, -0.15) is 0 Å². The molecule has 0 saturated heterocycles. The van der Waals surface area contributed by atoms with Crippen LogP contribution < -0.4 is 10.0 Å². The van der Waals surface area contributed by atoms with Crippen LogP contribution in [0, 0.1) is 5.41 Å². The Morgan fingerprint density at radius 1 is 1.14 bits per heavy atom. The quantitative estimate of drug-likeness (QED) is 0.675. The smallest absolute Gasteiger partial charge is 0.0203 e. The average Bonchev–Trinajstić information content (AvgIpc) is 1.91. The van der Waals surface area contributed by atoms with E-state index < -0.39 is 0 Å². The summed E-state index contributed by atoms with van der Waals surface area (Å²) in [5.41, 5.74) is 0.766. The molecule has 90 valence electrons. The monoisotopic (exact) mass is 226 g/mol. The molecule has 0 amide bonds. The Labute approximate surface area is 92.9 Å². The zero-order chi connectivity index (χ0) is 8.60. The Hall–Kier alpha value is 0.190. The molecule has 5 heteroatoms. The van der Waals surface area contributed by atoms with Gasteiger partial charge in [0.05, 0.1) is 0 Å². The molecule has 6 N–H and O–H groups in total. The van der Waals surface area contributed by atoms with Crippen LogP contribution in [-0.2, 0) is 0 Å². The fraction of sp³-hybridized carbons (Fsp3) is 1.00. The maximum Gasteiger partial charge on any atom is 0.0203 e. The molecule has 0 heterocycles. The van der Waals surface area contributed by atoms with Crippen molar-refractivity contribution in [1.82, 2.24) is 10.0 Å². The number of hydrogen-bond donors (Lipinski definition) is 2. The summed E-state index contributed by atoms with van der Waals surface area (Å²) in [7, 11) is 4.10. The van der Waals surface area contributed by atoms with Gasteiger partial charge in [0, 0.05) is 14.1 Å². The summed E-state index contributed by atoms with van der Waals surface area (Å²) in [5, 5.41) is 4.25. The second-order valence-corrected chi connectivity index (χ2v) is 5.56. The summed E-state index contributed by atoms with van der Waals surface area (Å²) in [4.78, 5) is 0. The minimum absolute atomic E-state index is 0. The number of rotatable bonds is 3. The highest BCUT2D eigenvalue weighted by Crippen LogP contribution is 2.58. The fourth-order valence-corrected chi connectivity index (χ4v) is 3.89. The number of hydrogen-bond acceptors (Lipinski definition) is 3. The minimum atomic E-state index is 0. The third kappa shape index (κ3) is 2.41. The predicted octanol–water partition coefficient (Wildman–Crippen LogP) is 0.227. The topological polar surface area (TPSA) is 87.1 Å². The number of nitrogens with one attached hydrogen (secondary N) is 2. The third-order valence-corrected chi connectivity index (χ3v) is 4.28. The molecule has 0 bridgehead atoms. The van der Waals surface area contributed by atoms with Gasteiger partial charge in [0.2, 0.25) is 0 Å². The first-order valence-electron chi connectivity index (χ1n) is 4.78. The van der Waals surface area contributed by atoms with Crippen molar-refractivity contribution >= 4 is 11.9 Å². The van der Waals surface area contributed by atoms with Crippen LogP contribution in [-0.4, -0.2) is 36.3 Å². The van der Waals surface area contributed by atoms with Crippen molar-refractivity contribution in [2.75, 3.05) is 14.1 Å². The van der Waals surface area contributed by atoms with Gasteiger partial charge >= 0.3 is 0 Å². The van der Waals surface area contributed by atoms with Crippen LogP contribution in [0.5, 0.6) is 0 Å². The van der Waals surface area contributed by atoms with E-state index in [4.69, 9.17) is 0 Å². The highest BCUT2D eigenvalue weighted by molar-refractivity contribution is 7.98. The van der Waals surface area contributed by atoms with Crippen LogP contribution in [0.1, 0.15) is 28.5 Å². The van der Waals surface area contributed by atoms with Gasteiger partial charge in [-0.05, 0) is 45.2 Å². The molecule has 2 aliphatic carbocycles. The molecule has 2 aliphatic rings. The molecule has 2 rings (SSSR count). The van der Waals surface area contributed by atoms with E-state index in [1.54, 1.807) is 0 Å². The minimum Gasteiger partial charge on any atom is -0.412 e. The lowest BCUT2D eigenvalue weighted by molar-refractivity contribution is 0.00654. The van der Waals surface area contributed by atoms with E-state index in [0.717, 1.165) is 16.7 Å². The molecule has 0 aromatic heterocycles. The van der Waals surface area contributed by atoms with Crippen molar-refractivity contribution in [3.63, 3.8) is 0 Å². The highest BCUT2D eigenvalue weighted by atomic mass is 32.2. The molecular weight excluding hydrogens is 200 g/mol. The van der Waals surface area contributed by atoms with Gasteiger partial charge in [0.15, 0.2) is 0 Å². The first-order chi connectivity index (χ1) is 5.78. The molecule has 2 saturated carbocycles. The van der Waals surface area contributed by atoms with Gasteiger partial charge in [-0.3, -0.25) is 4.72 Å². The van der Waals surface area contributed by atoms with E-state index in [2.05, 4.69) is 17.1 Å². The predicted molar refractivity (Wildman–Crippen MR) is 65.6 cm³/mol. The lowest BCUT2D eigenvalue weighted by atomic mass is 9.54. The Kier molecular flexibility index (Phi) is 5.39. The molecule has 1 spiro atoms. The molecule has 0 unspecified atom stereocenters. The summed E-state index contributed by atoms with van der Waals surface area (Å²) in [6.45, 7) is 0. The first kappa shape index (κ1) is 14.2. The standard InChI is InChI=1S/C9H18N2S.2H2O.2H2/c1-10-7-3-9(4-7)5-8(6-9)12-11-2;;;;/h7-8,10-11H,3-6H2,1-2H3;2*1H2;2*1H. The van der Waals surface area contributed by atoms with Gasteiger partial charge in [-0.1, -0.05) is 11.9 Å². The van der Waals surface area contributed by atoms with Gasteiger partial charge in [0.25, 0.3) is 0 Å². The lowest BCUT2D eigenvalue weighted by Crippen LogP contribution is -2.55. The maximum atomic E-state index is 3.35. The van der Waals surface area contributed by atoms with Crippen molar-refractivity contribution in [2.45, 2.75) is 37.0 Å². The second kappa shape index (κ2) is 5.32. The van der Waals surface area contributed by atoms with Crippen molar-refractivity contribution < 1.29 is 13.8 Å². The van der Waals surface area contributed by atoms with E-state index in [9.17, 15) is 0 Å². The Bertz CT molecular complexity index is 175.